The molecule has 4 rings (SSSR count). The first-order valence-electron chi connectivity index (χ1n) is 11.2. The lowest BCUT2D eigenvalue weighted by molar-refractivity contribution is -0.119. The lowest BCUT2D eigenvalue weighted by Crippen LogP contribution is -2.48. The van der Waals surface area contributed by atoms with Gasteiger partial charge in [0.2, 0.25) is 5.91 Å². The molecule has 0 saturated carbocycles. The third kappa shape index (κ3) is 6.11. The third-order valence-electron chi connectivity index (χ3n) is 5.57. The Morgan fingerprint density at radius 2 is 1.44 bits per heavy atom. The minimum Gasteiger partial charge on any atom is -0.322 e. The van der Waals surface area contributed by atoms with Crippen molar-refractivity contribution in [1.29, 1.82) is 0 Å². The van der Waals surface area contributed by atoms with E-state index in [-0.39, 0.29) is 23.3 Å². The molecule has 0 unspecified atom stereocenters. The Labute approximate surface area is 213 Å². The van der Waals surface area contributed by atoms with E-state index in [2.05, 4.69) is 21.5 Å². The van der Waals surface area contributed by atoms with Crippen molar-refractivity contribution >= 4 is 51.5 Å². The highest BCUT2D eigenvalue weighted by molar-refractivity contribution is 7.80. The molecule has 7 nitrogen and oxygen atoms in total. The van der Waals surface area contributed by atoms with Crippen LogP contribution in [-0.2, 0) is 11.2 Å². The van der Waals surface area contributed by atoms with E-state index in [1.54, 1.807) is 36.4 Å². The van der Waals surface area contributed by atoms with Gasteiger partial charge in [-0.3, -0.25) is 25.2 Å². The number of anilines is 1. The van der Waals surface area contributed by atoms with E-state index in [0.29, 0.717) is 16.8 Å². The first-order valence-corrected chi connectivity index (χ1v) is 11.7. The molecule has 0 fully saturated rings. The molecular formula is C28H24N4O3S. The summed E-state index contributed by atoms with van der Waals surface area (Å²) in [6.45, 7) is 1.87. The fraction of sp³-hybridized carbons (Fsp3) is 0.0714. The number of hydrogen-bond acceptors (Lipinski definition) is 4. The zero-order valence-electron chi connectivity index (χ0n) is 19.5. The monoisotopic (exact) mass is 496 g/mol. The Bertz CT molecular complexity index is 1450. The highest BCUT2D eigenvalue weighted by Gasteiger charge is 2.12. The fourth-order valence-corrected chi connectivity index (χ4v) is 3.90. The van der Waals surface area contributed by atoms with Crippen molar-refractivity contribution in [2.75, 3.05) is 5.32 Å². The van der Waals surface area contributed by atoms with Gasteiger partial charge >= 0.3 is 0 Å². The smallest absolute Gasteiger partial charge is 0.269 e. The number of amides is 3. The minimum absolute atomic E-state index is 0.0179. The standard InChI is InChI=1S/C28H24N4O3S/c1-18-7-2-4-11-23(18)27(35)29-22-15-13-20(14-16-22)26(34)31-32-28(36)30-25(33)17-21-10-6-9-19-8-3-5-12-24(19)21/h2-16H,17H2,1H3,(H,29,35)(H,31,34)(H2,30,32,33,36). The first kappa shape index (κ1) is 24.6. The second-order valence-electron chi connectivity index (χ2n) is 8.12. The maximum atomic E-state index is 12.4. The van der Waals surface area contributed by atoms with Crippen molar-refractivity contribution < 1.29 is 14.4 Å². The summed E-state index contributed by atoms with van der Waals surface area (Å²) in [6.07, 6.45) is 0.146. The quantitative estimate of drug-likeness (QED) is 0.244. The molecule has 0 bridgehead atoms. The van der Waals surface area contributed by atoms with Crippen LogP contribution in [0.5, 0.6) is 0 Å². The van der Waals surface area contributed by atoms with Crippen LogP contribution in [0.25, 0.3) is 10.8 Å². The average molecular weight is 497 g/mol. The number of hydrogen-bond donors (Lipinski definition) is 4. The summed E-state index contributed by atoms with van der Waals surface area (Å²) in [7, 11) is 0. The predicted molar refractivity (Wildman–Crippen MR) is 145 cm³/mol. The van der Waals surface area contributed by atoms with Gasteiger partial charge in [0.15, 0.2) is 5.11 Å². The molecule has 0 atom stereocenters. The maximum absolute atomic E-state index is 12.4. The molecule has 0 heterocycles. The summed E-state index contributed by atoms with van der Waals surface area (Å²) in [5, 5.41) is 7.42. The van der Waals surface area contributed by atoms with Crippen LogP contribution in [0.2, 0.25) is 0 Å². The van der Waals surface area contributed by atoms with Crippen molar-refractivity contribution in [1.82, 2.24) is 16.2 Å². The summed E-state index contributed by atoms with van der Waals surface area (Å²) in [6, 6.07) is 27.3. The lowest BCUT2D eigenvalue weighted by atomic mass is 10.0. The van der Waals surface area contributed by atoms with E-state index in [4.69, 9.17) is 12.2 Å². The normalized spacial score (nSPS) is 10.4. The van der Waals surface area contributed by atoms with Gasteiger partial charge in [-0.05, 0) is 71.4 Å². The third-order valence-corrected chi connectivity index (χ3v) is 5.77. The number of carbonyl (C=O) groups excluding carboxylic acids is 3. The van der Waals surface area contributed by atoms with Gasteiger partial charge in [0.05, 0.1) is 6.42 Å². The fourth-order valence-electron chi connectivity index (χ4n) is 3.74. The van der Waals surface area contributed by atoms with Crippen molar-refractivity contribution in [2.24, 2.45) is 0 Å². The van der Waals surface area contributed by atoms with Crippen LogP contribution in [0.15, 0.2) is 91.0 Å². The average Bonchev–Trinajstić information content (AvgIpc) is 2.88. The van der Waals surface area contributed by atoms with E-state index >= 15 is 0 Å². The summed E-state index contributed by atoms with van der Waals surface area (Å²) >= 11 is 5.13. The molecule has 4 aromatic carbocycles. The van der Waals surface area contributed by atoms with Gasteiger partial charge in [0.1, 0.15) is 0 Å². The Kier molecular flexibility index (Phi) is 7.67. The van der Waals surface area contributed by atoms with Crippen molar-refractivity contribution in [3.63, 3.8) is 0 Å². The van der Waals surface area contributed by atoms with Gasteiger partial charge in [0.25, 0.3) is 11.8 Å². The zero-order chi connectivity index (χ0) is 25.5. The molecule has 0 aromatic heterocycles. The molecule has 4 N–H and O–H groups in total. The SMILES string of the molecule is Cc1ccccc1C(=O)Nc1ccc(C(=O)NNC(=S)NC(=O)Cc2cccc3ccccc23)cc1. The summed E-state index contributed by atoms with van der Waals surface area (Å²) in [5.41, 5.74) is 8.24. The molecule has 0 saturated heterocycles. The van der Waals surface area contributed by atoms with Crippen LogP contribution in [-0.4, -0.2) is 22.8 Å². The van der Waals surface area contributed by atoms with Gasteiger partial charge in [-0.2, -0.15) is 0 Å². The van der Waals surface area contributed by atoms with Gasteiger partial charge in [-0.1, -0.05) is 60.7 Å². The number of aryl methyl sites for hydroxylation is 1. The molecule has 180 valence electrons. The molecule has 3 amide bonds. The number of hydrazine groups is 1. The molecular weight excluding hydrogens is 472 g/mol. The molecule has 36 heavy (non-hydrogen) atoms. The second kappa shape index (κ2) is 11.2. The van der Waals surface area contributed by atoms with Crippen LogP contribution in [0, 0.1) is 6.92 Å². The number of carbonyl (C=O) groups is 3. The van der Waals surface area contributed by atoms with E-state index in [0.717, 1.165) is 21.9 Å². The van der Waals surface area contributed by atoms with Crippen LogP contribution in [0.3, 0.4) is 0 Å². The van der Waals surface area contributed by atoms with Crippen molar-refractivity contribution in [3.8, 4) is 0 Å². The Morgan fingerprint density at radius 1 is 0.750 bits per heavy atom. The Hall–Kier alpha value is -4.56. The molecule has 0 aliphatic rings. The summed E-state index contributed by atoms with van der Waals surface area (Å²) in [4.78, 5) is 37.3. The van der Waals surface area contributed by atoms with E-state index in [1.165, 1.54) is 0 Å². The lowest BCUT2D eigenvalue weighted by Gasteiger charge is -2.12. The van der Waals surface area contributed by atoms with Crippen LogP contribution < -0.4 is 21.5 Å². The van der Waals surface area contributed by atoms with Crippen LogP contribution >= 0.6 is 12.2 Å². The minimum atomic E-state index is -0.447. The van der Waals surface area contributed by atoms with Gasteiger partial charge in [0, 0.05) is 16.8 Å². The van der Waals surface area contributed by atoms with Gasteiger partial charge in [-0.15, -0.1) is 0 Å². The maximum Gasteiger partial charge on any atom is 0.269 e. The Morgan fingerprint density at radius 3 is 2.22 bits per heavy atom. The first-order chi connectivity index (χ1) is 17.4. The molecule has 0 aliphatic carbocycles. The van der Waals surface area contributed by atoms with Gasteiger partial charge in [-0.25, -0.2) is 0 Å². The Balaban J connectivity index is 1.27. The van der Waals surface area contributed by atoms with Crippen molar-refractivity contribution in [3.05, 3.63) is 113 Å². The second-order valence-corrected chi connectivity index (χ2v) is 8.53. The highest BCUT2D eigenvalue weighted by Crippen LogP contribution is 2.19. The molecule has 0 radical (unpaired) electrons. The van der Waals surface area contributed by atoms with Crippen LogP contribution in [0.4, 0.5) is 5.69 Å². The predicted octanol–water partition coefficient (Wildman–Crippen LogP) is 4.28. The number of fused-ring (bicyclic) bond motifs is 1. The molecule has 0 aliphatic heterocycles. The molecule has 8 heteroatoms. The van der Waals surface area contributed by atoms with Crippen LogP contribution in [0.1, 0.15) is 31.8 Å². The van der Waals surface area contributed by atoms with E-state index in [1.807, 2.05) is 61.5 Å². The highest BCUT2D eigenvalue weighted by atomic mass is 32.1. The van der Waals surface area contributed by atoms with E-state index in [9.17, 15) is 14.4 Å². The largest absolute Gasteiger partial charge is 0.322 e. The molecule has 0 spiro atoms. The topological polar surface area (TPSA) is 99.3 Å². The molecule has 4 aromatic rings. The number of rotatable bonds is 5. The zero-order valence-corrected chi connectivity index (χ0v) is 20.3. The summed E-state index contributed by atoms with van der Waals surface area (Å²) in [5.74, 6) is -0.971. The van der Waals surface area contributed by atoms with Crippen molar-refractivity contribution in [2.45, 2.75) is 13.3 Å². The summed E-state index contributed by atoms with van der Waals surface area (Å²) < 4.78 is 0. The van der Waals surface area contributed by atoms with E-state index < -0.39 is 5.91 Å². The van der Waals surface area contributed by atoms with Gasteiger partial charge < -0.3 is 10.6 Å². The number of thiocarbonyl (C=S) groups is 1. The number of nitrogens with one attached hydrogen (secondary N) is 4. The number of benzene rings is 4.